The summed E-state index contributed by atoms with van der Waals surface area (Å²) in [5.74, 6) is -0.573. The molecule has 0 radical (unpaired) electrons. The molecule has 11 heteroatoms. The molecule has 0 saturated carbocycles. The highest BCUT2D eigenvalue weighted by molar-refractivity contribution is 6.05. The number of aromatic nitrogens is 2. The second-order valence-corrected chi connectivity index (χ2v) is 6.74. The second-order valence-electron chi connectivity index (χ2n) is 6.74. The molecule has 1 aromatic heterocycles. The fourth-order valence-corrected chi connectivity index (χ4v) is 3.16. The van der Waals surface area contributed by atoms with Gasteiger partial charge < -0.3 is 15.0 Å². The third-order valence-electron chi connectivity index (χ3n) is 4.85. The maximum atomic E-state index is 12.5. The van der Waals surface area contributed by atoms with Gasteiger partial charge in [0.2, 0.25) is 5.91 Å². The molecular weight excluding hydrogens is 392 g/mol. The fraction of sp³-hybridized carbons (Fsp3) is 0.421. The van der Waals surface area contributed by atoms with Crippen LogP contribution in [0.1, 0.15) is 13.8 Å². The number of benzene rings is 1. The molecule has 0 fully saturated rings. The van der Waals surface area contributed by atoms with Crippen LogP contribution >= 0.6 is 0 Å². The van der Waals surface area contributed by atoms with Crippen molar-refractivity contribution in [3.05, 3.63) is 40.7 Å². The van der Waals surface area contributed by atoms with Crippen molar-refractivity contribution in [2.45, 2.75) is 20.4 Å². The molecule has 0 bridgehead atoms. The van der Waals surface area contributed by atoms with E-state index in [0.29, 0.717) is 18.0 Å². The molecule has 0 spiro atoms. The average molecular weight is 416 g/mol. The Morgan fingerprint density at radius 1 is 1.37 bits per heavy atom. The van der Waals surface area contributed by atoms with E-state index in [2.05, 4.69) is 29.2 Å². The third kappa shape index (κ3) is 4.92. The van der Waals surface area contributed by atoms with Crippen molar-refractivity contribution >= 4 is 28.9 Å². The molecular formula is C19H24N6O5. The zero-order valence-corrected chi connectivity index (χ0v) is 16.9. The normalized spacial score (nSPS) is 13.2. The Bertz CT molecular complexity index is 939. The highest BCUT2D eigenvalue weighted by Gasteiger charge is 2.29. The van der Waals surface area contributed by atoms with Crippen molar-refractivity contribution < 1.29 is 19.2 Å². The number of hydrogen-bond acceptors (Lipinski definition) is 7. The molecule has 0 atom stereocenters. The maximum Gasteiger partial charge on any atom is 0.271 e. The lowest BCUT2D eigenvalue weighted by Crippen LogP contribution is -2.43. The summed E-state index contributed by atoms with van der Waals surface area (Å²) in [5.41, 5.74) is 0.525. The molecule has 2 aromatic rings. The lowest BCUT2D eigenvalue weighted by Gasteiger charge is -2.28. The Morgan fingerprint density at radius 2 is 2.13 bits per heavy atom. The van der Waals surface area contributed by atoms with Gasteiger partial charge in [0.05, 0.1) is 29.0 Å². The van der Waals surface area contributed by atoms with E-state index in [-0.39, 0.29) is 24.5 Å². The number of anilines is 2. The molecule has 0 unspecified atom stereocenters. The molecule has 3 rings (SSSR count). The Morgan fingerprint density at radius 3 is 2.83 bits per heavy atom. The van der Waals surface area contributed by atoms with Crippen molar-refractivity contribution in [3.63, 3.8) is 0 Å². The van der Waals surface area contributed by atoms with Gasteiger partial charge in [-0.1, -0.05) is 13.8 Å². The Balaban J connectivity index is 1.65. The summed E-state index contributed by atoms with van der Waals surface area (Å²) in [4.78, 5) is 38.7. The standard InChI is InChI=1S/C19H24N6O5/c1-3-22(4-2)7-8-23-11-14(10-20-23)21-18(26)12-24-16-9-15(25(28)29)5-6-17(16)30-13-19(24)27/h5-6,9-11H,3-4,7-8,12-13H2,1-2H3,(H,21,26). The minimum atomic E-state index is -0.565. The van der Waals surface area contributed by atoms with Crippen LogP contribution in [0.25, 0.3) is 0 Å². The summed E-state index contributed by atoms with van der Waals surface area (Å²) < 4.78 is 7.05. The van der Waals surface area contributed by atoms with Gasteiger partial charge in [-0.05, 0) is 19.2 Å². The van der Waals surface area contributed by atoms with Gasteiger partial charge in [0, 0.05) is 24.9 Å². The molecule has 160 valence electrons. The second kappa shape index (κ2) is 9.35. The number of fused-ring (bicyclic) bond motifs is 1. The number of non-ortho nitro benzene ring substituents is 1. The summed E-state index contributed by atoms with van der Waals surface area (Å²) in [6.45, 7) is 7.11. The predicted molar refractivity (Wildman–Crippen MR) is 110 cm³/mol. The molecule has 1 aliphatic heterocycles. The third-order valence-corrected chi connectivity index (χ3v) is 4.85. The number of rotatable bonds is 9. The SMILES string of the molecule is CCN(CC)CCn1cc(NC(=O)CN2C(=O)COc3ccc([N+](=O)[O-])cc32)cn1. The predicted octanol–water partition coefficient (Wildman–Crippen LogP) is 1.50. The molecule has 0 aliphatic carbocycles. The number of nitrogens with one attached hydrogen (secondary N) is 1. The highest BCUT2D eigenvalue weighted by Crippen LogP contribution is 2.35. The van der Waals surface area contributed by atoms with Crippen LogP contribution < -0.4 is 15.0 Å². The van der Waals surface area contributed by atoms with E-state index in [1.54, 1.807) is 17.1 Å². The first-order chi connectivity index (χ1) is 14.4. The fourth-order valence-electron chi connectivity index (χ4n) is 3.16. The van der Waals surface area contributed by atoms with Crippen molar-refractivity contribution in [3.8, 4) is 5.75 Å². The van der Waals surface area contributed by atoms with Crippen molar-refractivity contribution in [2.75, 3.05) is 43.0 Å². The average Bonchev–Trinajstić information content (AvgIpc) is 3.17. The van der Waals surface area contributed by atoms with Gasteiger partial charge in [-0.25, -0.2) is 0 Å². The summed E-state index contributed by atoms with van der Waals surface area (Å²) in [7, 11) is 0. The molecule has 1 aromatic carbocycles. The summed E-state index contributed by atoms with van der Waals surface area (Å²) in [6.07, 6.45) is 3.27. The van der Waals surface area contributed by atoms with Crippen LogP contribution in [0.15, 0.2) is 30.6 Å². The minimum absolute atomic E-state index is 0.188. The molecule has 30 heavy (non-hydrogen) atoms. The Kier molecular flexibility index (Phi) is 6.62. The van der Waals surface area contributed by atoms with Crippen molar-refractivity contribution in [2.24, 2.45) is 0 Å². The number of nitrogens with zero attached hydrogens (tertiary/aromatic N) is 5. The Labute approximate surface area is 173 Å². The zero-order chi connectivity index (χ0) is 21.7. The van der Waals surface area contributed by atoms with Crippen LogP contribution in [0.2, 0.25) is 0 Å². The van der Waals surface area contributed by atoms with E-state index >= 15 is 0 Å². The van der Waals surface area contributed by atoms with Gasteiger partial charge in [0.15, 0.2) is 6.61 Å². The van der Waals surface area contributed by atoms with Gasteiger partial charge in [0.25, 0.3) is 11.6 Å². The highest BCUT2D eigenvalue weighted by atomic mass is 16.6. The van der Waals surface area contributed by atoms with E-state index in [9.17, 15) is 19.7 Å². The number of likely N-dealkylation sites (N-methyl/N-ethyl adjacent to an activating group) is 1. The first-order valence-electron chi connectivity index (χ1n) is 9.67. The molecule has 1 N–H and O–H groups in total. The summed E-state index contributed by atoms with van der Waals surface area (Å²) in [6, 6.07) is 3.94. The Hall–Kier alpha value is -3.47. The molecule has 2 amide bonds. The van der Waals surface area contributed by atoms with Crippen LogP contribution in [-0.2, 0) is 16.1 Å². The number of carbonyl (C=O) groups excluding carboxylic acids is 2. The monoisotopic (exact) mass is 416 g/mol. The zero-order valence-electron chi connectivity index (χ0n) is 16.9. The van der Waals surface area contributed by atoms with Gasteiger partial charge in [-0.3, -0.25) is 29.3 Å². The lowest BCUT2D eigenvalue weighted by molar-refractivity contribution is -0.384. The minimum Gasteiger partial charge on any atom is -0.482 e. The lowest BCUT2D eigenvalue weighted by atomic mass is 10.2. The molecule has 1 aliphatic rings. The van der Waals surface area contributed by atoms with Gasteiger partial charge in [-0.15, -0.1) is 0 Å². The molecule has 0 saturated heterocycles. The van der Waals surface area contributed by atoms with Crippen molar-refractivity contribution in [1.29, 1.82) is 0 Å². The van der Waals surface area contributed by atoms with Crippen molar-refractivity contribution in [1.82, 2.24) is 14.7 Å². The molecule has 11 nitrogen and oxygen atoms in total. The van der Waals surface area contributed by atoms with E-state index < -0.39 is 16.7 Å². The van der Waals surface area contributed by atoms with E-state index in [1.807, 2.05) is 0 Å². The van der Waals surface area contributed by atoms with Crippen LogP contribution in [-0.4, -0.2) is 64.2 Å². The van der Waals surface area contributed by atoms with E-state index in [1.165, 1.54) is 23.1 Å². The quantitative estimate of drug-likeness (QED) is 0.485. The van der Waals surface area contributed by atoms with Gasteiger partial charge in [0.1, 0.15) is 12.3 Å². The number of hydrogen-bond donors (Lipinski definition) is 1. The van der Waals surface area contributed by atoms with Gasteiger partial charge >= 0.3 is 0 Å². The van der Waals surface area contributed by atoms with Crippen LogP contribution in [0, 0.1) is 10.1 Å². The number of carbonyl (C=O) groups is 2. The number of ether oxygens (including phenoxy) is 1. The smallest absolute Gasteiger partial charge is 0.271 e. The number of nitro groups is 1. The first kappa shape index (κ1) is 21.2. The van der Waals surface area contributed by atoms with Crippen LogP contribution in [0.4, 0.5) is 17.1 Å². The van der Waals surface area contributed by atoms with E-state index in [4.69, 9.17) is 4.74 Å². The maximum absolute atomic E-state index is 12.5. The van der Waals surface area contributed by atoms with Crippen LogP contribution in [0.3, 0.4) is 0 Å². The topological polar surface area (TPSA) is 123 Å². The number of nitro benzene ring substituents is 1. The first-order valence-corrected chi connectivity index (χ1v) is 9.67. The van der Waals surface area contributed by atoms with Crippen LogP contribution in [0.5, 0.6) is 5.75 Å². The summed E-state index contributed by atoms with van der Waals surface area (Å²) in [5, 5.41) is 18.0. The summed E-state index contributed by atoms with van der Waals surface area (Å²) >= 11 is 0. The molecule has 2 heterocycles. The van der Waals surface area contributed by atoms with E-state index in [0.717, 1.165) is 19.6 Å². The number of amides is 2. The largest absolute Gasteiger partial charge is 0.482 e. The van der Waals surface area contributed by atoms with Gasteiger partial charge in [-0.2, -0.15) is 5.10 Å².